The number of ether oxygens (including phenoxy) is 1. The number of para-hydroxylation sites is 2. The first-order valence-corrected chi connectivity index (χ1v) is 13.4. The number of halogens is 1. The Hall–Kier alpha value is -4.33. The van der Waals surface area contributed by atoms with Crippen LogP contribution >= 0.6 is 23.4 Å². The molecule has 0 aromatic heterocycles. The third-order valence-electron chi connectivity index (χ3n) is 5.72. The van der Waals surface area contributed by atoms with Crippen molar-refractivity contribution in [2.45, 2.75) is 6.92 Å². The number of amidine groups is 1. The van der Waals surface area contributed by atoms with Gasteiger partial charge in [0.2, 0.25) is 0 Å². The van der Waals surface area contributed by atoms with Gasteiger partial charge in [-0.3, -0.25) is 14.5 Å². The van der Waals surface area contributed by atoms with Crippen LogP contribution in [-0.4, -0.2) is 23.6 Å². The molecule has 0 bridgehead atoms. The van der Waals surface area contributed by atoms with Crippen molar-refractivity contribution in [1.82, 2.24) is 0 Å². The summed E-state index contributed by atoms with van der Waals surface area (Å²) in [4.78, 5) is 32.9. The van der Waals surface area contributed by atoms with Crippen LogP contribution in [0.4, 0.5) is 17.1 Å². The fraction of sp³-hybridized carbons (Fsp3) is 0.0645. The molecule has 1 fully saturated rings. The molecule has 1 aliphatic heterocycles. The average Bonchev–Trinajstić information content (AvgIpc) is 3.23. The number of nitrogens with zero attached hydrogens (tertiary/aromatic N) is 2. The van der Waals surface area contributed by atoms with Crippen LogP contribution in [0.5, 0.6) is 5.75 Å². The van der Waals surface area contributed by atoms with E-state index < -0.39 is 0 Å². The lowest BCUT2D eigenvalue weighted by Crippen LogP contribution is -2.28. The number of hydrogen-bond donors (Lipinski definition) is 1. The minimum atomic E-state index is -0.298. The van der Waals surface area contributed by atoms with Crippen molar-refractivity contribution in [3.05, 3.63) is 124 Å². The highest BCUT2D eigenvalue weighted by atomic mass is 35.5. The number of aliphatic imine (C=N–C) groups is 1. The van der Waals surface area contributed by atoms with Gasteiger partial charge in [-0.05, 0) is 84.9 Å². The zero-order valence-corrected chi connectivity index (χ0v) is 22.6. The second kappa shape index (κ2) is 12.0. The lowest BCUT2D eigenvalue weighted by atomic mass is 10.1. The maximum atomic E-state index is 13.6. The number of nitrogens with one attached hydrogen (secondary N) is 1. The van der Waals surface area contributed by atoms with Gasteiger partial charge < -0.3 is 10.1 Å². The van der Waals surface area contributed by atoms with Gasteiger partial charge in [0.05, 0.1) is 16.3 Å². The largest absolute Gasteiger partial charge is 0.483 e. The molecule has 0 radical (unpaired) electrons. The first-order valence-electron chi connectivity index (χ1n) is 12.2. The van der Waals surface area contributed by atoms with Gasteiger partial charge in [0.15, 0.2) is 11.8 Å². The molecule has 0 aliphatic carbocycles. The lowest BCUT2D eigenvalue weighted by Gasteiger charge is -2.15. The molecular weight excluding hydrogens is 530 g/mol. The maximum absolute atomic E-state index is 13.6. The Balaban J connectivity index is 1.41. The lowest BCUT2D eigenvalue weighted by molar-refractivity contribution is -0.118. The van der Waals surface area contributed by atoms with E-state index >= 15 is 0 Å². The Kier molecular flexibility index (Phi) is 8.10. The molecule has 194 valence electrons. The summed E-state index contributed by atoms with van der Waals surface area (Å²) >= 11 is 7.56. The normalized spacial score (nSPS) is 15.1. The molecule has 8 heteroatoms. The number of amides is 2. The summed E-state index contributed by atoms with van der Waals surface area (Å²) in [6.07, 6.45) is 1.72. The van der Waals surface area contributed by atoms with E-state index in [9.17, 15) is 9.59 Å². The molecule has 0 spiro atoms. The van der Waals surface area contributed by atoms with Crippen molar-refractivity contribution < 1.29 is 14.3 Å². The molecule has 4 aromatic rings. The predicted molar refractivity (Wildman–Crippen MR) is 160 cm³/mol. The Morgan fingerprint density at radius 1 is 0.974 bits per heavy atom. The van der Waals surface area contributed by atoms with Gasteiger partial charge in [-0.1, -0.05) is 60.1 Å². The van der Waals surface area contributed by atoms with E-state index in [1.807, 2.05) is 91.9 Å². The Morgan fingerprint density at radius 3 is 2.46 bits per heavy atom. The van der Waals surface area contributed by atoms with Crippen molar-refractivity contribution in [2.24, 2.45) is 4.99 Å². The number of rotatable bonds is 7. The smallest absolute Gasteiger partial charge is 0.271 e. The molecule has 1 N–H and O–H groups in total. The van der Waals surface area contributed by atoms with Crippen molar-refractivity contribution in [2.75, 3.05) is 16.8 Å². The van der Waals surface area contributed by atoms with E-state index in [1.165, 1.54) is 11.8 Å². The summed E-state index contributed by atoms with van der Waals surface area (Å²) < 4.78 is 5.86. The molecule has 1 heterocycles. The predicted octanol–water partition coefficient (Wildman–Crippen LogP) is 7.47. The molecule has 2 amide bonds. The van der Waals surface area contributed by atoms with Crippen LogP contribution in [0.25, 0.3) is 6.08 Å². The quantitative estimate of drug-likeness (QED) is 0.241. The molecule has 1 aliphatic rings. The van der Waals surface area contributed by atoms with E-state index in [1.54, 1.807) is 29.2 Å². The van der Waals surface area contributed by atoms with Gasteiger partial charge >= 0.3 is 0 Å². The highest BCUT2D eigenvalue weighted by molar-refractivity contribution is 8.19. The fourth-order valence-electron chi connectivity index (χ4n) is 3.93. The number of carbonyl (C=O) groups excluding carboxylic acids is 2. The van der Waals surface area contributed by atoms with E-state index in [0.717, 1.165) is 11.3 Å². The van der Waals surface area contributed by atoms with Gasteiger partial charge in [0, 0.05) is 16.3 Å². The Labute approximate surface area is 236 Å². The summed E-state index contributed by atoms with van der Waals surface area (Å²) in [5, 5.41) is 3.84. The molecule has 39 heavy (non-hydrogen) atoms. The topological polar surface area (TPSA) is 71.0 Å². The van der Waals surface area contributed by atoms with Gasteiger partial charge in [-0.2, -0.15) is 0 Å². The van der Waals surface area contributed by atoms with Crippen LogP contribution in [0.3, 0.4) is 0 Å². The molecule has 1 saturated heterocycles. The second-order valence-corrected chi connectivity index (χ2v) is 10.2. The third-order valence-corrected chi connectivity index (χ3v) is 6.92. The minimum absolute atomic E-state index is 0.205. The van der Waals surface area contributed by atoms with Crippen molar-refractivity contribution in [3.8, 4) is 5.75 Å². The molecular formula is C31H24ClN3O3S. The van der Waals surface area contributed by atoms with Gasteiger partial charge in [-0.25, -0.2) is 4.99 Å². The average molecular weight is 554 g/mol. The van der Waals surface area contributed by atoms with Crippen LogP contribution in [0.1, 0.15) is 11.1 Å². The summed E-state index contributed by atoms with van der Waals surface area (Å²) in [6, 6.07) is 31.4. The SMILES string of the molecule is Cc1cccc(NC(=O)COc2ccc(Cl)cc2/C=C2\SC(=Nc3ccccc3)N(c3ccccc3)C2=O)c1. The first kappa shape index (κ1) is 26.3. The van der Waals surface area contributed by atoms with Gasteiger partial charge in [-0.15, -0.1) is 0 Å². The number of aryl methyl sites for hydroxylation is 1. The maximum Gasteiger partial charge on any atom is 0.271 e. The van der Waals surface area contributed by atoms with Gasteiger partial charge in [0.25, 0.3) is 11.8 Å². The zero-order chi connectivity index (χ0) is 27.2. The Bertz CT molecular complexity index is 1570. The van der Waals surface area contributed by atoms with Crippen molar-refractivity contribution >= 4 is 63.5 Å². The zero-order valence-electron chi connectivity index (χ0n) is 21.0. The van der Waals surface area contributed by atoms with E-state index in [4.69, 9.17) is 21.3 Å². The molecule has 0 unspecified atom stereocenters. The summed E-state index contributed by atoms with van der Waals surface area (Å²) in [5.41, 5.74) is 3.76. The monoisotopic (exact) mass is 553 g/mol. The number of benzene rings is 4. The number of hydrogen-bond acceptors (Lipinski definition) is 5. The highest BCUT2D eigenvalue weighted by Crippen LogP contribution is 2.38. The standard InChI is InChI=1S/C31H24ClN3O3S/c1-21-9-8-12-25(17-21)33-29(36)20-38-27-16-15-23(32)18-22(27)19-28-30(37)35(26-13-6-3-7-14-26)31(39-28)34-24-10-4-2-5-11-24/h2-19H,20H2,1H3,(H,33,36)/b28-19-,34-31?. The second-order valence-electron chi connectivity index (χ2n) is 8.71. The van der Waals surface area contributed by atoms with E-state index in [0.29, 0.717) is 37.8 Å². The summed E-state index contributed by atoms with van der Waals surface area (Å²) in [7, 11) is 0. The summed E-state index contributed by atoms with van der Waals surface area (Å²) in [5.74, 6) is -0.0867. The minimum Gasteiger partial charge on any atom is -0.483 e. The molecule has 5 rings (SSSR count). The van der Waals surface area contributed by atoms with Crippen LogP contribution in [0.15, 0.2) is 113 Å². The highest BCUT2D eigenvalue weighted by Gasteiger charge is 2.35. The first-order chi connectivity index (χ1) is 19.0. The summed E-state index contributed by atoms with van der Waals surface area (Å²) in [6.45, 7) is 1.75. The molecule has 4 aromatic carbocycles. The Morgan fingerprint density at radius 2 is 1.72 bits per heavy atom. The number of thioether (sulfide) groups is 1. The third kappa shape index (κ3) is 6.57. The van der Waals surface area contributed by atoms with Crippen molar-refractivity contribution in [3.63, 3.8) is 0 Å². The van der Waals surface area contributed by atoms with E-state index in [2.05, 4.69) is 5.32 Å². The molecule has 6 nitrogen and oxygen atoms in total. The van der Waals surface area contributed by atoms with Crippen LogP contribution in [0, 0.1) is 6.92 Å². The van der Waals surface area contributed by atoms with E-state index in [-0.39, 0.29) is 18.4 Å². The number of carbonyl (C=O) groups is 2. The van der Waals surface area contributed by atoms with Crippen LogP contribution < -0.4 is 15.0 Å². The van der Waals surface area contributed by atoms with Gasteiger partial charge in [0.1, 0.15) is 5.75 Å². The molecule has 0 atom stereocenters. The fourth-order valence-corrected chi connectivity index (χ4v) is 5.11. The molecule has 0 saturated carbocycles. The van der Waals surface area contributed by atoms with Crippen molar-refractivity contribution in [1.29, 1.82) is 0 Å². The number of anilines is 2. The van der Waals surface area contributed by atoms with Crippen LogP contribution in [-0.2, 0) is 9.59 Å². The van der Waals surface area contributed by atoms with Crippen LogP contribution in [0.2, 0.25) is 5.02 Å².